The van der Waals surface area contributed by atoms with Crippen molar-refractivity contribution in [3.05, 3.63) is 29.6 Å². The van der Waals surface area contributed by atoms with Crippen LogP contribution in [-0.2, 0) is 11.3 Å². The molecule has 0 radical (unpaired) electrons. The maximum Gasteiger partial charge on any atom is 0.146 e. The van der Waals surface area contributed by atoms with Gasteiger partial charge in [-0.05, 0) is 30.5 Å². The molecule has 2 N–H and O–H groups in total. The van der Waals surface area contributed by atoms with Crippen molar-refractivity contribution in [2.45, 2.75) is 26.4 Å². The van der Waals surface area contributed by atoms with Gasteiger partial charge in [0.15, 0.2) is 0 Å². The summed E-state index contributed by atoms with van der Waals surface area (Å²) < 4.78 is 19.5. The van der Waals surface area contributed by atoms with E-state index >= 15 is 0 Å². The van der Waals surface area contributed by atoms with Crippen LogP contribution < -0.4 is 10.2 Å². The summed E-state index contributed by atoms with van der Waals surface area (Å²) in [6.07, 6.45) is 0. The van der Waals surface area contributed by atoms with E-state index in [1.165, 1.54) is 0 Å². The molecule has 1 saturated heterocycles. The zero-order chi connectivity index (χ0) is 15.2. The Morgan fingerprint density at radius 2 is 2.05 bits per heavy atom. The summed E-state index contributed by atoms with van der Waals surface area (Å²) in [5.41, 5.74) is 1.57. The predicted octanol–water partition coefficient (Wildman–Crippen LogP) is 1.77. The van der Waals surface area contributed by atoms with Gasteiger partial charge in [0.1, 0.15) is 5.82 Å². The molecule has 0 aromatic heterocycles. The molecule has 21 heavy (non-hydrogen) atoms. The average Bonchev–Trinajstić information content (AvgIpc) is 2.52. The summed E-state index contributed by atoms with van der Waals surface area (Å²) >= 11 is 0. The molecule has 0 bridgehead atoms. The second-order valence-corrected chi connectivity index (χ2v) is 5.71. The average molecular weight is 296 g/mol. The number of hydrogen-bond donors (Lipinski definition) is 2. The van der Waals surface area contributed by atoms with Gasteiger partial charge in [0.2, 0.25) is 0 Å². The van der Waals surface area contributed by atoms with Crippen LogP contribution in [-0.4, -0.2) is 44.1 Å². The fourth-order valence-electron chi connectivity index (χ4n) is 2.36. The first-order chi connectivity index (χ1) is 10.1. The molecule has 2 rings (SSSR count). The lowest BCUT2D eigenvalue weighted by molar-refractivity contribution is 0.122. The highest BCUT2D eigenvalue weighted by Gasteiger charge is 2.16. The van der Waals surface area contributed by atoms with Gasteiger partial charge in [0.25, 0.3) is 0 Å². The summed E-state index contributed by atoms with van der Waals surface area (Å²) in [7, 11) is 0. The molecule has 1 aliphatic heterocycles. The standard InChI is InChI=1S/C16H25FN2O2/c1-12(11-20)13(2)18-10-14-3-4-16(15(17)9-14)19-5-7-21-8-6-19/h3-4,9,12-13,18,20H,5-8,10-11H2,1-2H3. The van der Waals surface area contributed by atoms with Crippen molar-refractivity contribution in [2.75, 3.05) is 37.8 Å². The highest BCUT2D eigenvalue weighted by molar-refractivity contribution is 5.49. The molecule has 0 saturated carbocycles. The third kappa shape index (κ3) is 4.40. The van der Waals surface area contributed by atoms with E-state index < -0.39 is 0 Å². The van der Waals surface area contributed by atoms with E-state index in [2.05, 4.69) is 5.32 Å². The largest absolute Gasteiger partial charge is 0.396 e. The molecule has 5 heteroatoms. The molecule has 0 amide bonds. The number of aliphatic hydroxyl groups excluding tert-OH is 1. The number of ether oxygens (including phenoxy) is 1. The molecule has 4 nitrogen and oxygen atoms in total. The molecule has 1 aliphatic rings. The molecule has 118 valence electrons. The van der Waals surface area contributed by atoms with E-state index in [9.17, 15) is 4.39 Å². The minimum absolute atomic E-state index is 0.151. The summed E-state index contributed by atoms with van der Waals surface area (Å²) in [4.78, 5) is 2.02. The van der Waals surface area contributed by atoms with Crippen molar-refractivity contribution in [3.8, 4) is 0 Å². The summed E-state index contributed by atoms with van der Waals surface area (Å²) in [5.74, 6) is 0.00142. The van der Waals surface area contributed by atoms with Gasteiger partial charge in [-0.1, -0.05) is 13.0 Å². The van der Waals surface area contributed by atoms with Gasteiger partial charge in [-0.3, -0.25) is 0 Å². The molecular weight excluding hydrogens is 271 g/mol. The monoisotopic (exact) mass is 296 g/mol. The molecule has 1 fully saturated rings. The lowest BCUT2D eigenvalue weighted by Gasteiger charge is -2.29. The van der Waals surface area contributed by atoms with Crippen molar-refractivity contribution in [1.29, 1.82) is 0 Å². The second-order valence-electron chi connectivity index (χ2n) is 5.71. The van der Waals surface area contributed by atoms with Gasteiger partial charge >= 0.3 is 0 Å². The summed E-state index contributed by atoms with van der Waals surface area (Å²) in [5, 5.41) is 12.4. The van der Waals surface area contributed by atoms with Gasteiger partial charge in [0.05, 0.1) is 18.9 Å². The maximum atomic E-state index is 14.2. The molecular formula is C16H25FN2O2. The van der Waals surface area contributed by atoms with Crippen LogP contribution in [0.15, 0.2) is 18.2 Å². The lowest BCUT2D eigenvalue weighted by atomic mass is 10.0. The van der Waals surface area contributed by atoms with Crippen molar-refractivity contribution in [3.63, 3.8) is 0 Å². The number of anilines is 1. The first kappa shape index (κ1) is 16.2. The topological polar surface area (TPSA) is 44.7 Å². The number of halogens is 1. The quantitative estimate of drug-likeness (QED) is 0.840. The minimum atomic E-state index is -0.181. The molecule has 2 atom stereocenters. The molecule has 1 aromatic rings. The second kappa shape index (κ2) is 7.73. The van der Waals surface area contributed by atoms with Gasteiger partial charge < -0.3 is 20.1 Å². The summed E-state index contributed by atoms with van der Waals surface area (Å²) in [6.45, 7) is 7.54. The van der Waals surface area contributed by atoms with Crippen LogP contribution >= 0.6 is 0 Å². The van der Waals surface area contributed by atoms with Gasteiger partial charge in [-0.2, -0.15) is 0 Å². The van der Waals surface area contributed by atoms with Crippen LogP contribution in [0.1, 0.15) is 19.4 Å². The van der Waals surface area contributed by atoms with Gasteiger partial charge in [-0.15, -0.1) is 0 Å². The number of hydrogen-bond acceptors (Lipinski definition) is 4. The van der Waals surface area contributed by atoms with Crippen LogP contribution in [0, 0.1) is 11.7 Å². The third-order valence-corrected chi connectivity index (χ3v) is 4.13. The van der Waals surface area contributed by atoms with E-state index in [0.29, 0.717) is 25.4 Å². The Labute approximate surface area is 125 Å². The van der Waals surface area contributed by atoms with Crippen molar-refractivity contribution in [2.24, 2.45) is 5.92 Å². The highest BCUT2D eigenvalue weighted by atomic mass is 19.1. The Morgan fingerprint density at radius 1 is 1.33 bits per heavy atom. The lowest BCUT2D eigenvalue weighted by Crippen LogP contribution is -2.36. The Bertz CT molecular complexity index is 450. The fourth-order valence-corrected chi connectivity index (χ4v) is 2.36. The molecule has 0 aliphatic carbocycles. The number of rotatable bonds is 6. The number of aliphatic hydroxyl groups is 1. The minimum Gasteiger partial charge on any atom is -0.396 e. The zero-order valence-electron chi connectivity index (χ0n) is 12.8. The van der Waals surface area contributed by atoms with Crippen LogP contribution in [0.2, 0.25) is 0 Å². The van der Waals surface area contributed by atoms with E-state index in [1.54, 1.807) is 6.07 Å². The van der Waals surface area contributed by atoms with E-state index in [4.69, 9.17) is 9.84 Å². The maximum absolute atomic E-state index is 14.2. The fraction of sp³-hybridized carbons (Fsp3) is 0.625. The van der Waals surface area contributed by atoms with Crippen LogP contribution in [0.4, 0.5) is 10.1 Å². The SMILES string of the molecule is CC(CO)C(C)NCc1ccc(N2CCOCC2)c(F)c1. The summed E-state index contributed by atoms with van der Waals surface area (Å²) in [6, 6.07) is 5.58. The Balaban J connectivity index is 1.95. The number of nitrogens with one attached hydrogen (secondary N) is 1. The molecule has 1 heterocycles. The van der Waals surface area contributed by atoms with Crippen LogP contribution in [0.3, 0.4) is 0 Å². The van der Waals surface area contributed by atoms with E-state index in [-0.39, 0.29) is 24.4 Å². The first-order valence-electron chi connectivity index (χ1n) is 7.57. The zero-order valence-corrected chi connectivity index (χ0v) is 12.8. The van der Waals surface area contributed by atoms with Crippen molar-refractivity contribution >= 4 is 5.69 Å². The van der Waals surface area contributed by atoms with Crippen LogP contribution in [0.25, 0.3) is 0 Å². The van der Waals surface area contributed by atoms with E-state index in [1.807, 2.05) is 30.9 Å². The predicted molar refractivity (Wildman–Crippen MR) is 82.0 cm³/mol. The Hall–Kier alpha value is -1.17. The molecule has 2 unspecified atom stereocenters. The number of morpholine rings is 1. The Morgan fingerprint density at radius 3 is 2.67 bits per heavy atom. The smallest absolute Gasteiger partial charge is 0.146 e. The van der Waals surface area contributed by atoms with Crippen molar-refractivity contribution in [1.82, 2.24) is 5.32 Å². The highest BCUT2D eigenvalue weighted by Crippen LogP contribution is 2.21. The van der Waals surface area contributed by atoms with Crippen molar-refractivity contribution < 1.29 is 14.2 Å². The molecule has 0 spiro atoms. The van der Waals surface area contributed by atoms with Gasteiger partial charge in [0, 0.05) is 32.3 Å². The van der Waals surface area contributed by atoms with Gasteiger partial charge in [-0.25, -0.2) is 4.39 Å². The normalized spacial score (nSPS) is 18.6. The number of nitrogens with zero attached hydrogens (tertiary/aromatic N) is 1. The Kier molecular flexibility index (Phi) is 5.96. The van der Waals surface area contributed by atoms with E-state index in [0.717, 1.165) is 18.7 Å². The number of benzene rings is 1. The third-order valence-electron chi connectivity index (χ3n) is 4.13. The first-order valence-corrected chi connectivity index (χ1v) is 7.57. The van der Waals surface area contributed by atoms with Crippen LogP contribution in [0.5, 0.6) is 0 Å². The molecule has 1 aromatic carbocycles.